The van der Waals surface area contributed by atoms with Crippen LogP contribution in [-0.2, 0) is 6.61 Å². The van der Waals surface area contributed by atoms with E-state index >= 15 is 0 Å². The summed E-state index contributed by atoms with van der Waals surface area (Å²) in [5.74, 6) is 0.849. The lowest BCUT2D eigenvalue weighted by Gasteiger charge is -2.13. The summed E-state index contributed by atoms with van der Waals surface area (Å²) < 4.78 is 5.85. The fraction of sp³-hybridized carbons (Fsp3) is 0.111. The molecule has 22 heavy (non-hydrogen) atoms. The minimum absolute atomic E-state index is 0. The first-order valence-corrected chi connectivity index (χ1v) is 7.81. The van der Waals surface area contributed by atoms with Gasteiger partial charge in [0.25, 0.3) is 0 Å². The number of halogens is 1. The molecule has 4 heteroatoms. The molecule has 0 aliphatic heterocycles. The molecule has 2 nitrogen and oxygen atoms in total. The van der Waals surface area contributed by atoms with Gasteiger partial charge < -0.3 is 10.5 Å². The molecule has 0 fully saturated rings. The van der Waals surface area contributed by atoms with E-state index in [-0.39, 0.29) is 18.4 Å². The highest BCUT2D eigenvalue weighted by Crippen LogP contribution is 2.25. The van der Waals surface area contributed by atoms with Gasteiger partial charge in [-0.2, -0.15) is 11.3 Å². The van der Waals surface area contributed by atoms with Crippen LogP contribution in [0.2, 0.25) is 0 Å². The maximum atomic E-state index is 6.29. The molecule has 1 aromatic heterocycles. The number of ether oxygens (including phenoxy) is 1. The molecule has 0 saturated carbocycles. The first-order valence-electron chi connectivity index (χ1n) is 6.87. The van der Waals surface area contributed by atoms with E-state index in [0.717, 1.165) is 22.4 Å². The van der Waals surface area contributed by atoms with Gasteiger partial charge in [0.2, 0.25) is 0 Å². The molecule has 0 saturated heterocycles. The molecule has 2 N–H and O–H groups in total. The maximum absolute atomic E-state index is 6.29. The Kier molecular flexibility index (Phi) is 6.01. The van der Waals surface area contributed by atoms with Crippen LogP contribution in [-0.4, -0.2) is 0 Å². The van der Waals surface area contributed by atoms with Crippen LogP contribution >= 0.6 is 23.7 Å². The standard InChI is InChI=1S/C18H17NOS.ClH/c19-18(16-9-10-21-13-16)15-7-4-8-17(11-15)20-12-14-5-2-1-3-6-14;/h1-11,13,18H,12,19H2;1H/t18-;/m0./s1. The average molecular weight is 332 g/mol. The molecule has 114 valence electrons. The third-order valence-corrected chi connectivity index (χ3v) is 4.07. The van der Waals surface area contributed by atoms with Gasteiger partial charge in [-0.1, -0.05) is 42.5 Å². The molecule has 3 rings (SSSR count). The lowest BCUT2D eigenvalue weighted by molar-refractivity contribution is 0.306. The molecule has 1 heterocycles. The summed E-state index contributed by atoms with van der Waals surface area (Å²) in [7, 11) is 0. The molecular weight excluding hydrogens is 314 g/mol. The minimum atomic E-state index is -0.100. The predicted molar refractivity (Wildman–Crippen MR) is 94.8 cm³/mol. The topological polar surface area (TPSA) is 35.2 Å². The van der Waals surface area contributed by atoms with Crippen molar-refractivity contribution >= 4 is 23.7 Å². The van der Waals surface area contributed by atoms with E-state index in [2.05, 4.69) is 23.6 Å². The van der Waals surface area contributed by atoms with Gasteiger partial charge in [-0.15, -0.1) is 12.4 Å². The molecule has 0 radical (unpaired) electrons. The lowest BCUT2D eigenvalue weighted by atomic mass is 10.0. The molecular formula is C18H18ClNOS. The van der Waals surface area contributed by atoms with Gasteiger partial charge in [0.15, 0.2) is 0 Å². The van der Waals surface area contributed by atoms with E-state index in [9.17, 15) is 0 Å². The molecule has 2 aromatic carbocycles. The van der Waals surface area contributed by atoms with E-state index in [0.29, 0.717) is 6.61 Å². The summed E-state index contributed by atoms with van der Waals surface area (Å²) in [4.78, 5) is 0. The fourth-order valence-electron chi connectivity index (χ4n) is 2.18. The average Bonchev–Trinajstić information content (AvgIpc) is 3.08. The molecule has 0 bridgehead atoms. The van der Waals surface area contributed by atoms with Crippen LogP contribution in [0.25, 0.3) is 0 Å². The normalized spacial score (nSPS) is 11.5. The minimum Gasteiger partial charge on any atom is -0.489 e. The quantitative estimate of drug-likeness (QED) is 0.729. The van der Waals surface area contributed by atoms with Gasteiger partial charge in [-0.3, -0.25) is 0 Å². The largest absolute Gasteiger partial charge is 0.489 e. The van der Waals surface area contributed by atoms with Gasteiger partial charge in [0, 0.05) is 0 Å². The van der Waals surface area contributed by atoms with Crippen molar-refractivity contribution in [1.82, 2.24) is 0 Å². The maximum Gasteiger partial charge on any atom is 0.120 e. The highest BCUT2D eigenvalue weighted by molar-refractivity contribution is 7.08. The van der Waals surface area contributed by atoms with Crippen molar-refractivity contribution in [3.63, 3.8) is 0 Å². The van der Waals surface area contributed by atoms with Gasteiger partial charge in [0.1, 0.15) is 12.4 Å². The Morgan fingerprint density at radius 3 is 2.50 bits per heavy atom. The summed E-state index contributed by atoms with van der Waals surface area (Å²) in [5.41, 5.74) is 9.65. The van der Waals surface area contributed by atoms with Crippen molar-refractivity contribution < 1.29 is 4.74 Å². The van der Waals surface area contributed by atoms with Crippen molar-refractivity contribution in [1.29, 1.82) is 0 Å². The summed E-state index contributed by atoms with van der Waals surface area (Å²) in [6.07, 6.45) is 0. The fourth-order valence-corrected chi connectivity index (χ4v) is 2.88. The van der Waals surface area contributed by atoms with Crippen LogP contribution in [0.15, 0.2) is 71.4 Å². The second-order valence-electron chi connectivity index (χ2n) is 4.88. The number of hydrogen-bond acceptors (Lipinski definition) is 3. The van der Waals surface area contributed by atoms with E-state index in [1.54, 1.807) is 11.3 Å². The van der Waals surface area contributed by atoms with Gasteiger partial charge in [-0.25, -0.2) is 0 Å². The third-order valence-electron chi connectivity index (χ3n) is 3.37. The summed E-state index contributed by atoms with van der Waals surface area (Å²) in [6.45, 7) is 0.567. The Morgan fingerprint density at radius 1 is 0.955 bits per heavy atom. The SMILES string of the molecule is Cl.N[C@H](c1ccsc1)c1cccc(OCc2ccccc2)c1. The monoisotopic (exact) mass is 331 g/mol. The Bertz CT molecular complexity index is 685. The molecule has 3 aromatic rings. The first kappa shape index (κ1) is 16.6. The van der Waals surface area contributed by atoms with Crippen LogP contribution in [0, 0.1) is 0 Å². The van der Waals surface area contributed by atoms with Crippen molar-refractivity contribution in [2.45, 2.75) is 12.6 Å². The first-order chi connectivity index (χ1) is 10.3. The molecule has 0 unspecified atom stereocenters. The predicted octanol–water partition coefficient (Wildman–Crippen LogP) is 4.80. The molecule has 0 amide bonds. The second-order valence-corrected chi connectivity index (χ2v) is 5.66. The second kappa shape index (κ2) is 7.99. The Balaban J connectivity index is 0.00000176. The van der Waals surface area contributed by atoms with Crippen LogP contribution in [0.1, 0.15) is 22.7 Å². The van der Waals surface area contributed by atoms with Crippen LogP contribution in [0.3, 0.4) is 0 Å². The number of nitrogens with two attached hydrogens (primary N) is 1. The third kappa shape index (κ3) is 4.10. The van der Waals surface area contributed by atoms with Crippen molar-refractivity contribution in [3.8, 4) is 5.75 Å². The number of benzene rings is 2. The Hall–Kier alpha value is -1.81. The van der Waals surface area contributed by atoms with E-state index in [1.807, 2.05) is 47.8 Å². The van der Waals surface area contributed by atoms with Gasteiger partial charge in [-0.05, 0) is 45.6 Å². The lowest BCUT2D eigenvalue weighted by Crippen LogP contribution is -2.10. The number of rotatable bonds is 5. The van der Waals surface area contributed by atoms with Crippen LogP contribution in [0.4, 0.5) is 0 Å². The highest BCUT2D eigenvalue weighted by Gasteiger charge is 2.10. The van der Waals surface area contributed by atoms with Gasteiger partial charge in [0.05, 0.1) is 6.04 Å². The summed E-state index contributed by atoms with van der Waals surface area (Å²) in [6, 6.07) is 20.1. The smallest absolute Gasteiger partial charge is 0.120 e. The molecule has 0 aliphatic carbocycles. The van der Waals surface area contributed by atoms with Gasteiger partial charge >= 0.3 is 0 Å². The van der Waals surface area contributed by atoms with Crippen LogP contribution in [0.5, 0.6) is 5.75 Å². The zero-order chi connectivity index (χ0) is 14.5. The molecule has 0 aliphatic rings. The highest BCUT2D eigenvalue weighted by atomic mass is 35.5. The van der Waals surface area contributed by atoms with E-state index in [4.69, 9.17) is 10.5 Å². The van der Waals surface area contributed by atoms with Crippen molar-refractivity contribution in [3.05, 3.63) is 88.1 Å². The molecule has 1 atom stereocenters. The zero-order valence-electron chi connectivity index (χ0n) is 12.0. The Labute approximate surface area is 141 Å². The summed E-state index contributed by atoms with van der Waals surface area (Å²) >= 11 is 1.66. The van der Waals surface area contributed by atoms with E-state index < -0.39 is 0 Å². The Morgan fingerprint density at radius 2 is 1.77 bits per heavy atom. The van der Waals surface area contributed by atoms with Crippen molar-refractivity contribution in [2.75, 3.05) is 0 Å². The molecule has 0 spiro atoms. The number of hydrogen-bond donors (Lipinski definition) is 1. The van der Waals surface area contributed by atoms with Crippen molar-refractivity contribution in [2.24, 2.45) is 5.73 Å². The van der Waals surface area contributed by atoms with Crippen LogP contribution < -0.4 is 10.5 Å². The zero-order valence-corrected chi connectivity index (χ0v) is 13.6. The van der Waals surface area contributed by atoms with E-state index in [1.165, 1.54) is 0 Å². The summed E-state index contributed by atoms with van der Waals surface area (Å²) in [5, 5.41) is 4.13. The number of thiophene rings is 1.